The van der Waals surface area contributed by atoms with Gasteiger partial charge < -0.3 is 42.6 Å². The molecule has 12 fully saturated rings. The van der Waals surface area contributed by atoms with Gasteiger partial charge in [0.15, 0.2) is 0 Å². The second kappa shape index (κ2) is 19.9. The summed E-state index contributed by atoms with van der Waals surface area (Å²) < 4.78 is 43.0. The van der Waals surface area contributed by atoms with E-state index in [1.165, 1.54) is 57.8 Å². The molecule has 0 amide bonds. The third kappa shape index (κ3) is 23.1. The van der Waals surface area contributed by atoms with E-state index in [-0.39, 0.29) is 0 Å². The molecular formula is C33H60O9. The zero-order chi connectivity index (χ0) is 29.4. The smallest absolute Gasteiger partial charge is 0.0844 e. The summed E-state index contributed by atoms with van der Waals surface area (Å²) in [6, 6.07) is 0. The quantitative estimate of drug-likeness (QED) is 0.361. The first-order chi connectivity index (χ1) is 20.6. The van der Waals surface area contributed by atoms with Crippen molar-refractivity contribution in [3.63, 3.8) is 0 Å². The zero-order valence-corrected chi connectivity index (χ0v) is 26.7. The van der Waals surface area contributed by atoms with Gasteiger partial charge in [0.2, 0.25) is 0 Å². The van der Waals surface area contributed by atoms with Crippen LogP contribution < -0.4 is 0 Å². The summed E-state index contributed by atoms with van der Waals surface area (Å²) in [7, 11) is 0. The third-order valence-electron chi connectivity index (χ3n) is 8.02. The van der Waals surface area contributed by atoms with E-state index in [9.17, 15) is 0 Å². The van der Waals surface area contributed by atoms with Gasteiger partial charge >= 0.3 is 0 Å². The second-order valence-electron chi connectivity index (χ2n) is 13.1. The van der Waals surface area contributed by atoms with Gasteiger partial charge in [0, 0.05) is 0 Å². The fourth-order valence-electron chi connectivity index (χ4n) is 4.81. The Morgan fingerprint density at radius 3 is 0.595 bits per heavy atom. The first-order valence-electron chi connectivity index (χ1n) is 17.0. The van der Waals surface area contributed by atoms with Crippen LogP contribution in [0.1, 0.15) is 78.6 Å². The zero-order valence-electron chi connectivity index (χ0n) is 26.7. The lowest BCUT2D eigenvalue weighted by Gasteiger charge is -2.11. The number of rotatable bonds is 0. The minimum absolute atomic E-state index is 0.679. The van der Waals surface area contributed by atoms with Crippen molar-refractivity contribution in [1.29, 1.82) is 0 Å². The van der Waals surface area contributed by atoms with E-state index in [1.54, 1.807) is 0 Å². The van der Waals surface area contributed by atoms with Crippen molar-refractivity contribution >= 4 is 0 Å². The molecular weight excluding hydrogens is 540 g/mol. The summed E-state index contributed by atoms with van der Waals surface area (Å²) in [5, 5.41) is 0. The van der Waals surface area contributed by atoms with Crippen molar-refractivity contribution in [2.24, 2.45) is 17.8 Å². The van der Waals surface area contributed by atoms with Crippen LogP contribution in [-0.2, 0) is 42.6 Å². The lowest BCUT2D eigenvalue weighted by atomic mass is 9.91. The molecule has 9 unspecified atom stereocenters. The van der Waals surface area contributed by atoms with Gasteiger partial charge in [0.25, 0.3) is 0 Å². The van der Waals surface area contributed by atoms with Crippen molar-refractivity contribution in [2.45, 2.75) is 115 Å². The van der Waals surface area contributed by atoms with E-state index in [0.717, 1.165) is 97.0 Å². The summed E-state index contributed by atoms with van der Waals surface area (Å²) in [5.41, 5.74) is 0. The highest BCUT2D eigenvalue weighted by Gasteiger charge is 2.43. The van der Waals surface area contributed by atoms with E-state index in [2.05, 4.69) is 49.2 Å². The molecule has 3 aliphatic carbocycles. The maximum Gasteiger partial charge on any atom is 0.0844 e. The molecule has 12 aliphatic rings. The molecule has 0 aromatic heterocycles. The normalized spacial score (nSPS) is 40.5. The molecule has 0 aromatic carbocycles. The largest absolute Gasteiger partial charge is 0.377 e. The van der Waals surface area contributed by atoms with E-state index in [1.807, 2.05) is 0 Å². The summed E-state index contributed by atoms with van der Waals surface area (Å²) >= 11 is 0. The van der Waals surface area contributed by atoms with Gasteiger partial charge in [-0.15, -0.1) is 0 Å². The average molecular weight is 601 g/mol. The molecule has 0 spiro atoms. The Labute approximate surface area is 254 Å². The first kappa shape index (κ1) is 34.5. The third-order valence-corrected chi connectivity index (χ3v) is 8.02. The van der Waals surface area contributed by atoms with Crippen LogP contribution in [0.15, 0.2) is 0 Å². The van der Waals surface area contributed by atoms with Crippen LogP contribution >= 0.6 is 0 Å². The summed E-state index contributed by atoms with van der Waals surface area (Å²) in [5.74, 6) is 2.79. The highest BCUT2D eigenvalue weighted by molar-refractivity contribution is 4.91. The fourth-order valence-corrected chi connectivity index (χ4v) is 4.81. The predicted octanol–water partition coefficient (Wildman–Crippen LogP) is 4.82. The monoisotopic (exact) mass is 600 g/mol. The van der Waals surface area contributed by atoms with Crippen LogP contribution in [0.25, 0.3) is 0 Å². The van der Waals surface area contributed by atoms with Gasteiger partial charge in [-0.25, -0.2) is 0 Å². The van der Waals surface area contributed by atoms with Crippen molar-refractivity contribution in [2.75, 3.05) is 79.3 Å². The van der Waals surface area contributed by atoms with Crippen LogP contribution in [0.4, 0.5) is 0 Å². The molecule has 0 aromatic rings. The summed E-state index contributed by atoms with van der Waals surface area (Å²) in [6.07, 6.45) is 16.2. The SMILES string of the molecule is C1CO1.C1CO1.C1CO1.C1CO1.C1CO1.C1CO1.CC1CCC2OC2C1.CC1CCC2OC2C1.CC1CCC2OC2C1. The van der Waals surface area contributed by atoms with Crippen molar-refractivity contribution in [3.8, 4) is 0 Å². The number of ether oxygens (including phenoxy) is 9. The number of epoxide rings is 9. The maximum absolute atomic E-state index is 5.35. The van der Waals surface area contributed by atoms with Gasteiger partial charge in [0.05, 0.1) is 116 Å². The van der Waals surface area contributed by atoms with Gasteiger partial charge in [-0.3, -0.25) is 0 Å². The molecule has 12 rings (SSSR count). The van der Waals surface area contributed by atoms with Crippen LogP contribution in [0.5, 0.6) is 0 Å². The van der Waals surface area contributed by atoms with E-state index < -0.39 is 0 Å². The molecule has 0 bridgehead atoms. The lowest BCUT2D eigenvalue weighted by Crippen LogP contribution is -2.09. The van der Waals surface area contributed by atoms with E-state index in [4.69, 9.17) is 14.2 Å². The Hall–Kier alpha value is -0.360. The topological polar surface area (TPSA) is 113 Å². The van der Waals surface area contributed by atoms with Gasteiger partial charge in [0.1, 0.15) is 0 Å². The molecule has 9 saturated heterocycles. The molecule has 3 saturated carbocycles. The lowest BCUT2D eigenvalue weighted by molar-refractivity contribution is 0.367. The molecule has 9 aliphatic heterocycles. The van der Waals surface area contributed by atoms with Gasteiger partial charge in [-0.05, 0) is 75.5 Å². The van der Waals surface area contributed by atoms with E-state index in [0.29, 0.717) is 36.6 Å². The van der Waals surface area contributed by atoms with Gasteiger partial charge in [-0.2, -0.15) is 0 Å². The molecule has 0 N–H and O–H groups in total. The average Bonchev–Trinajstić information content (AvgIpc) is 3.76. The Kier molecular flexibility index (Phi) is 16.4. The molecule has 9 atom stereocenters. The second-order valence-corrected chi connectivity index (χ2v) is 13.1. The van der Waals surface area contributed by atoms with E-state index >= 15 is 0 Å². The van der Waals surface area contributed by atoms with Crippen LogP contribution in [0.2, 0.25) is 0 Å². The Bertz CT molecular complexity index is 560. The minimum atomic E-state index is 0.679. The van der Waals surface area contributed by atoms with Crippen molar-refractivity contribution < 1.29 is 42.6 Å². The summed E-state index contributed by atoms with van der Waals surface area (Å²) in [6.45, 7) is 19.0. The van der Waals surface area contributed by atoms with Gasteiger partial charge in [-0.1, -0.05) is 20.8 Å². The van der Waals surface area contributed by atoms with Crippen LogP contribution in [0.3, 0.4) is 0 Å². The van der Waals surface area contributed by atoms with Crippen molar-refractivity contribution in [1.82, 2.24) is 0 Å². The number of hydrogen-bond acceptors (Lipinski definition) is 9. The molecule has 0 radical (unpaired) electrons. The molecule has 9 heteroatoms. The Morgan fingerprint density at radius 1 is 0.286 bits per heavy atom. The Balaban J connectivity index is 0.000000113. The predicted molar refractivity (Wildman–Crippen MR) is 160 cm³/mol. The first-order valence-corrected chi connectivity index (χ1v) is 17.0. The molecule has 42 heavy (non-hydrogen) atoms. The molecule has 9 heterocycles. The molecule has 246 valence electrons. The fraction of sp³-hybridized carbons (Fsp3) is 1.00. The maximum atomic E-state index is 5.35. The van der Waals surface area contributed by atoms with Crippen LogP contribution in [0, 0.1) is 17.8 Å². The standard InChI is InChI=1S/3C7H12O.6C2H4O/c3*1-5-2-3-6-7(4-5)8-6;6*1-2-3-1/h3*5-7H,2-4H2,1H3;6*1-2H2. The number of fused-ring (bicyclic) bond motifs is 3. The summed E-state index contributed by atoms with van der Waals surface area (Å²) in [4.78, 5) is 0. The highest BCUT2D eigenvalue weighted by atomic mass is 16.6. The number of hydrogen-bond donors (Lipinski definition) is 0. The Morgan fingerprint density at radius 2 is 0.476 bits per heavy atom. The molecule has 9 nitrogen and oxygen atoms in total. The van der Waals surface area contributed by atoms with Crippen molar-refractivity contribution in [3.05, 3.63) is 0 Å². The van der Waals surface area contributed by atoms with Crippen LogP contribution in [-0.4, -0.2) is 116 Å². The highest BCUT2D eigenvalue weighted by Crippen LogP contribution is 2.40. The minimum Gasteiger partial charge on any atom is -0.377 e.